The minimum absolute atomic E-state index is 0.575. The fraction of sp³-hybridized carbons (Fsp3) is 1.00. The molecule has 1 rings (SSSR count). The van der Waals surface area contributed by atoms with E-state index in [4.69, 9.17) is 5.73 Å². The first kappa shape index (κ1) is 8.02. The quantitative estimate of drug-likeness (QED) is 0.566. The average molecular weight is 142 g/mol. The molecular formula is C8H18N2. The predicted molar refractivity (Wildman–Crippen MR) is 43.8 cm³/mol. The molecule has 1 fully saturated rings. The van der Waals surface area contributed by atoms with Crippen LogP contribution in [0.25, 0.3) is 0 Å². The van der Waals surface area contributed by atoms with Crippen molar-refractivity contribution in [1.29, 1.82) is 0 Å². The van der Waals surface area contributed by atoms with Gasteiger partial charge < -0.3 is 11.1 Å². The normalized spacial score (nSPS) is 41.7. The van der Waals surface area contributed by atoms with Crippen LogP contribution in [0.5, 0.6) is 0 Å². The second kappa shape index (κ2) is 3.35. The van der Waals surface area contributed by atoms with Crippen molar-refractivity contribution in [3.05, 3.63) is 0 Å². The molecule has 1 aliphatic rings. The Morgan fingerprint density at radius 3 is 2.60 bits per heavy atom. The van der Waals surface area contributed by atoms with E-state index in [9.17, 15) is 0 Å². The molecule has 1 saturated heterocycles. The van der Waals surface area contributed by atoms with Gasteiger partial charge in [-0.15, -0.1) is 0 Å². The molecule has 3 N–H and O–H groups in total. The number of hydrogen-bond donors (Lipinski definition) is 2. The van der Waals surface area contributed by atoms with Crippen LogP contribution in [-0.2, 0) is 0 Å². The van der Waals surface area contributed by atoms with Gasteiger partial charge in [0, 0.05) is 18.6 Å². The SMILES string of the molecule is CC1CCC(CN)NC1C. The van der Waals surface area contributed by atoms with Crippen molar-refractivity contribution >= 4 is 0 Å². The van der Waals surface area contributed by atoms with Gasteiger partial charge in [0.15, 0.2) is 0 Å². The van der Waals surface area contributed by atoms with Crippen LogP contribution in [0.1, 0.15) is 26.7 Å². The Hall–Kier alpha value is -0.0800. The number of piperidine rings is 1. The van der Waals surface area contributed by atoms with Gasteiger partial charge in [0.1, 0.15) is 0 Å². The summed E-state index contributed by atoms with van der Waals surface area (Å²) >= 11 is 0. The molecule has 3 atom stereocenters. The van der Waals surface area contributed by atoms with Crippen LogP contribution < -0.4 is 11.1 Å². The van der Waals surface area contributed by atoms with E-state index in [0.29, 0.717) is 12.1 Å². The Kier molecular flexibility index (Phi) is 2.69. The molecule has 0 aliphatic carbocycles. The summed E-state index contributed by atoms with van der Waals surface area (Å²) in [5.74, 6) is 0.822. The smallest absolute Gasteiger partial charge is 0.0192 e. The molecular weight excluding hydrogens is 124 g/mol. The molecule has 0 amide bonds. The number of hydrogen-bond acceptors (Lipinski definition) is 2. The number of rotatable bonds is 1. The van der Waals surface area contributed by atoms with Crippen LogP contribution in [0.4, 0.5) is 0 Å². The second-order valence-corrected chi connectivity index (χ2v) is 3.44. The summed E-state index contributed by atoms with van der Waals surface area (Å²) in [5, 5.41) is 3.49. The lowest BCUT2D eigenvalue weighted by Crippen LogP contribution is -2.48. The van der Waals surface area contributed by atoms with Crippen LogP contribution in [0, 0.1) is 5.92 Å². The fourth-order valence-electron chi connectivity index (χ4n) is 1.52. The molecule has 1 heterocycles. The molecule has 3 unspecified atom stereocenters. The summed E-state index contributed by atoms with van der Waals surface area (Å²) in [5.41, 5.74) is 5.55. The zero-order valence-electron chi connectivity index (χ0n) is 6.93. The van der Waals surface area contributed by atoms with Crippen molar-refractivity contribution in [3.8, 4) is 0 Å². The third-order valence-electron chi connectivity index (χ3n) is 2.61. The van der Waals surface area contributed by atoms with Crippen molar-refractivity contribution < 1.29 is 0 Å². The minimum atomic E-state index is 0.575. The van der Waals surface area contributed by atoms with Crippen molar-refractivity contribution in [2.24, 2.45) is 11.7 Å². The molecule has 0 radical (unpaired) electrons. The molecule has 10 heavy (non-hydrogen) atoms. The Labute approximate surface area is 63.2 Å². The maximum Gasteiger partial charge on any atom is 0.0192 e. The molecule has 0 spiro atoms. The first-order chi connectivity index (χ1) is 4.74. The van der Waals surface area contributed by atoms with Crippen molar-refractivity contribution in [1.82, 2.24) is 5.32 Å². The molecule has 0 bridgehead atoms. The zero-order chi connectivity index (χ0) is 7.56. The van der Waals surface area contributed by atoms with Gasteiger partial charge in [-0.2, -0.15) is 0 Å². The fourth-order valence-corrected chi connectivity index (χ4v) is 1.52. The van der Waals surface area contributed by atoms with E-state index in [1.807, 2.05) is 0 Å². The Morgan fingerprint density at radius 1 is 1.40 bits per heavy atom. The van der Waals surface area contributed by atoms with Crippen molar-refractivity contribution in [2.75, 3.05) is 6.54 Å². The highest BCUT2D eigenvalue weighted by Gasteiger charge is 2.21. The monoisotopic (exact) mass is 142 g/mol. The van der Waals surface area contributed by atoms with Crippen molar-refractivity contribution in [3.63, 3.8) is 0 Å². The highest BCUT2D eigenvalue weighted by Crippen LogP contribution is 2.17. The van der Waals surface area contributed by atoms with Crippen molar-refractivity contribution in [2.45, 2.75) is 38.8 Å². The lowest BCUT2D eigenvalue weighted by atomic mass is 9.90. The molecule has 0 saturated carbocycles. The molecule has 0 aromatic heterocycles. The molecule has 0 aromatic rings. The summed E-state index contributed by atoms with van der Waals surface area (Å²) < 4.78 is 0. The average Bonchev–Trinajstić information content (AvgIpc) is 1.95. The van der Waals surface area contributed by atoms with E-state index in [1.54, 1.807) is 0 Å². The highest BCUT2D eigenvalue weighted by atomic mass is 15.0. The van der Waals surface area contributed by atoms with Crippen LogP contribution in [0.2, 0.25) is 0 Å². The van der Waals surface area contributed by atoms with Gasteiger partial charge in [-0.3, -0.25) is 0 Å². The standard InChI is InChI=1S/C8H18N2/c1-6-3-4-8(5-9)10-7(6)2/h6-8,10H,3-5,9H2,1-2H3. The zero-order valence-corrected chi connectivity index (χ0v) is 6.93. The van der Waals surface area contributed by atoms with Gasteiger partial charge in [0.05, 0.1) is 0 Å². The van der Waals surface area contributed by atoms with E-state index in [2.05, 4.69) is 19.2 Å². The maximum absolute atomic E-state index is 5.55. The molecule has 2 heteroatoms. The van der Waals surface area contributed by atoms with Gasteiger partial charge in [-0.05, 0) is 25.7 Å². The third kappa shape index (κ3) is 1.70. The Balaban J connectivity index is 2.33. The summed E-state index contributed by atoms with van der Waals surface area (Å²) in [6, 6.07) is 1.23. The Morgan fingerprint density at radius 2 is 2.10 bits per heavy atom. The van der Waals surface area contributed by atoms with Crippen LogP contribution >= 0.6 is 0 Å². The molecule has 0 aromatic carbocycles. The summed E-state index contributed by atoms with van der Waals surface area (Å²) in [7, 11) is 0. The summed E-state index contributed by atoms with van der Waals surface area (Å²) in [6.45, 7) is 5.33. The largest absolute Gasteiger partial charge is 0.329 e. The van der Waals surface area contributed by atoms with E-state index in [0.717, 1.165) is 12.5 Å². The first-order valence-electron chi connectivity index (χ1n) is 4.20. The molecule has 2 nitrogen and oxygen atoms in total. The summed E-state index contributed by atoms with van der Waals surface area (Å²) in [6.07, 6.45) is 2.58. The maximum atomic E-state index is 5.55. The van der Waals surface area contributed by atoms with E-state index in [-0.39, 0.29) is 0 Å². The first-order valence-corrected chi connectivity index (χ1v) is 4.20. The molecule has 60 valence electrons. The van der Waals surface area contributed by atoms with Gasteiger partial charge in [0.2, 0.25) is 0 Å². The van der Waals surface area contributed by atoms with Crippen LogP contribution in [0.3, 0.4) is 0 Å². The highest BCUT2D eigenvalue weighted by molar-refractivity contribution is 4.82. The van der Waals surface area contributed by atoms with Gasteiger partial charge >= 0.3 is 0 Å². The minimum Gasteiger partial charge on any atom is -0.329 e. The lowest BCUT2D eigenvalue weighted by molar-refractivity contribution is 0.262. The van der Waals surface area contributed by atoms with E-state index in [1.165, 1.54) is 12.8 Å². The van der Waals surface area contributed by atoms with Crippen LogP contribution in [0.15, 0.2) is 0 Å². The van der Waals surface area contributed by atoms with Gasteiger partial charge in [-0.25, -0.2) is 0 Å². The second-order valence-electron chi connectivity index (χ2n) is 3.44. The van der Waals surface area contributed by atoms with E-state index >= 15 is 0 Å². The predicted octanol–water partition coefficient (Wildman–Crippen LogP) is 0.722. The number of nitrogens with two attached hydrogens (primary N) is 1. The topological polar surface area (TPSA) is 38.0 Å². The van der Waals surface area contributed by atoms with Crippen LogP contribution in [-0.4, -0.2) is 18.6 Å². The Bertz CT molecular complexity index is 103. The van der Waals surface area contributed by atoms with Gasteiger partial charge in [0.25, 0.3) is 0 Å². The molecule has 1 aliphatic heterocycles. The third-order valence-corrected chi connectivity index (χ3v) is 2.61. The van der Waals surface area contributed by atoms with E-state index < -0.39 is 0 Å². The lowest BCUT2D eigenvalue weighted by Gasteiger charge is -2.32. The number of nitrogens with one attached hydrogen (secondary N) is 1. The van der Waals surface area contributed by atoms with Gasteiger partial charge in [-0.1, -0.05) is 6.92 Å². The summed E-state index contributed by atoms with van der Waals surface area (Å²) in [4.78, 5) is 0.